The van der Waals surface area contributed by atoms with Crippen LogP contribution >= 0.6 is 23.3 Å². The summed E-state index contributed by atoms with van der Waals surface area (Å²) in [5, 5.41) is 4.40. The van der Waals surface area contributed by atoms with E-state index in [0.29, 0.717) is 0 Å². The fourth-order valence-electron chi connectivity index (χ4n) is 1.35. The summed E-state index contributed by atoms with van der Waals surface area (Å²) in [6.07, 6.45) is 1.91. The maximum Gasteiger partial charge on any atom is 0.176 e. The van der Waals surface area contributed by atoms with Crippen LogP contribution in [0, 0.1) is 6.92 Å². The van der Waals surface area contributed by atoms with E-state index in [1.54, 1.807) is 11.8 Å². The normalized spacial score (nSPS) is 11.8. The Kier molecular flexibility index (Phi) is 4.54. The number of hydrogen-bond donors (Lipinski definition) is 1. The molecule has 102 valence electrons. The van der Waals surface area contributed by atoms with Crippen LogP contribution in [0.15, 0.2) is 27.7 Å². The van der Waals surface area contributed by atoms with E-state index in [0.717, 1.165) is 21.7 Å². The Balaban J connectivity index is 1.95. The van der Waals surface area contributed by atoms with Gasteiger partial charge in [0.1, 0.15) is 10.9 Å². The van der Waals surface area contributed by atoms with Crippen molar-refractivity contribution in [3.8, 4) is 0 Å². The van der Waals surface area contributed by atoms with Crippen LogP contribution in [0.25, 0.3) is 0 Å². The van der Waals surface area contributed by atoms with Gasteiger partial charge in [0.15, 0.2) is 4.34 Å². The second-order valence-electron chi connectivity index (χ2n) is 5.32. The van der Waals surface area contributed by atoms with E-state index < -0.39 is 0 Å². The molecular formula is C13H18N4S2. The Morgan fingerprint density at radius 2 is 2.11 bits per heavy atom. The van der Waals surface area contributed by atoms with Gasteiger partial charge in [0, 0.05) is 18.3 Å². The Morgan fingerprint density at radius 1 is 1.32 bits per heavy atom. The van der Waals surface area contributed by atoms with Crippen LogP contribution in [0.3, 0.4) is 0 Å². The lowest BCUT2D eigenvalue weighted by Crippen LogP contribution is -2.35. The molecule has 2 heterocycles. The van der Waals surface area contributed by atoms with Crippen molar-refractivity contribution in [2.45, 2.75) is 49.1 Å². The third-order valence-electron chi connectivity index (χ3n) is 2.32. The zero-order chi connectivity index (χ0) is 13.9. The molecule has 4 nitrogen and oxygen atoms in total. The summed E-state index contributed by atoms with van der Waals surface area (Å²) < 4.78 is 5.09. The minimum absolute atomic E-state index is 0.123. The molecule has 0 aliphatic heterocycles. The maximum atomic E-state index is 4.45. The molecule has 2 rings (SSSR count). The van der Waals surface area contributed by atoms with Crippen LogP contribution in [0.4, 0.5) is 0 Å². The van der Waals surface area contributed by atoms with Crippen molar-refractivity contribution >= 4 is 23.3 Å². The van der Waals surface area contributed by atoms with Gasteiger partial charge in [-0.3, -0.25) is 0 Å². The van der Waals surface area contributed by atoms with E-state index >= 15 is 0 Å². The third kappa shape index (κ3) is 4.89. The average molecular weight is 294 g/mol. The zero-order valence-electron chi connectivity index (χ0n) is 11.6. The summed E-state index contributed by atoms with van der Waals surface area (Å²) in [4.78, 5) is 8.76. The number of aromatic nitrogens is 3. The Labute approximate surface area is 122 Å². The summed E-state index contributed by atoms with van der Waals surface area (Å²) in [6, 6.07) is 4.13. The van der Waals surface area contributed by atoms with E-state index in [2.05, 4.69) is 46.5 Å². The molecule has 0 spiro atoms. The molecule has 0 saturated heterocycles. The van der Waals surface area contributed by atoms with Crippen LogP contribution in [0.1, 0.15) is 32.2 Å². The molecule has 2 aromatic rings. The molecule has 2 aromatic heterocycles. The van der Waals surface area contributed by atoms with Crippen molar-refractivity contribution in [1.29, 1.82) is 0 Å². The molecule has 0 amide bonds. The molecular weight excluding hydrogens is 276 g/mol. The summed E-state index contributed by atoms with van der Waals surface area (Å²) in [6.45, 7) is 9.20. The van der Waals surface area contributed by atoms with Gasteiger partial charge in [-0.15, -0.1) is 0 Å². The highest BCUT2D eigenvalue weighted by molar-refractivity contribution is 8.00. The van der Waals surface area contributed by atoms with Gasteiger partial charge in [0.05, 0.1) is 0 Å². The van der Waals surface area contributed by atoms with Gasteiger partial charge in [-0.25, -0.2) is 9.97 Å². The molecule has 19 heavy (non-hydrogen) atoms. The molecule has 0 radical (unpaired) electrons. The van der Waals surface area contributed by atoms with Gasteiger partial charge in [0.25, 0.3) is 0 Å². The van der Waals surface area contributed by atoms with Gasteiger partial charge < -0.3 is 5.32 Å². The molecule has 1 N–H and O–H groups in total. The van der Waals surface area contributed by atoms with E-state index in [9.17, 15) is 0 Å². The smallest absolute Gasteiger partial charge is 0.176 e. The van der Waals surface area contributed by atoms with Gasteiger partial charge in [-0.05, 0) is 62.6 Å². The third-order valence-corrected chi connectivity index (χ3v) is 4.11. The molecule has 0 aliphatic carbocycles. The molecule has 0 aromatic carbocycles. The zero-order valence-corrected chi connectivity index (χ0v) is 13.2. The van der Waals surface area contributed by atoms with Crippen LogP contribution in [-0.4, -0.2) is 19.9 Å². The first-order valence-electron chi connectivity index (χ1n) is 6.10. The van der Waals surface area contributed by atoms with Gasteiger partial charge >= 0.3 is 0 Å². The fourth-order valence-corrected chi connectivity index (χ4v) is 2.89. The lowest BCUT2D eigenvalue weighted by molar-refractivity contribution is 0.424. The highest BCUT2D eigenvalue weighted by atomic mass is 32.2. The van der Waals surface area contributed by atoms with Crippen molar-refractivity contribution in [1.82, 2.24) is 19.7 Å². The molecule has 0 fully saturated rings. The van der Waals surface area contributed by atoms with Crippen LogP contribution in [0.2, 0.25) is 0 Å². The second kappa shape index (κ2) is 5.98. The molecule has 6 heteroatoms. The maximum absolute atomic E-state index is 4.45. The largest absolute Gasteiger partial charge is 0.308 e. The Morgan fingerprint density at radius 3 is 2.63 bits per heavy atom. The number of pyridine rings is 1. The first-order chi connectivity index (χ1) is 8.92. The molecule has 0 saturated carbocycles. The lowest BCUT2D eigenvalue weighted by Gasteiger charge is -2.20. The molecule has 0 bridgehead atoms. The van der Waals surface area contributed by atoms with E-state index in [1.807, 2.05) is 19.2 Å². The first kappa shape index (κ1) is 14.4. The van der Waals surface area contributed by atoms with Gasteiger partial charge in [-0.1, -0.05) is 6.07 Å². The molecule has 0 unspecified atom stereocenters. The molecule has 0 atom stereocenters. The predicted molar refractivity (Wildman–Crippen MR) is 79.6 cm³/mol. The van der Waals surface area contributed by atoms with Crippen molar-refractivity contribution in [3.63, 3.8) is 0 Å². The standard InChI is InChI=1S/C13H18N4S2/c1-9-16-12(19-17-9)18-11-6-5-10(7-14-11)8-15-13(2,3)4/h5-7,15H,8H2,1-4H3. The van der Waals surface area contributed by atoms with E-state index in [-0.39, 0.29) is 5.54 Å². The van der Waals surface area contributed by atoms with Crippen molar-refractivity contribution in [3.05, 3.63) is 29.7 Å². The van der Waals surface area contributed by atoms with Gasteiger partial charge in [-0.2, -0.15) is 4.37 Å². The number of aryl methyl sites for hydroxylation is 1. The highest BCUT2D eigenvalue weighted by Crippen LogP contribution is 2.27. The predicted octanol–water partition coefficient (Wildman–Crippen LogP) is 3.28. The Hall–Kier alpha value is -0.980. The minimum atomic E-state index is 0.123. The fraction of sp³-hybridized carbons (Fsp3) is 0.462. The quantitative estimate of drug-likeness (QED) is 0.938. The Bertz CT molecular complexity index is 528. The number of rotatable bonds is 4. The summed E-state index contributed by atoms with van der Waals surface area (Å²) in [5.74, 6) is 0.818. The average Bonchev–Trinajstić information content (AvgIpc) is 2.73. The summed E-state index contributed by atoms with van der Waals surface area (Å²) in [7, 11) is 0. The van der Waals surface area contributed by atoms with Crippen molar-refractivity contribution < 1.29 is 0 Å². The number of nitrogens with zero attached hydrogens (tertiary/aromatic N) is 3. The second-order valence-corrected chi connectivity index (χ2v) is 7.34. The van der Waals surface area contributed by atoms with Crippen LogP contribution in [0.5, 0.6) is 0 Å². The minimum Gasteiger partial charge on any atom is -0.308 e. The van der Waals surface area contributed by atoms with Crippen molar-refractivity contribution in [2.24, 2.45) is 0 Å². The summed E-state index contributed by atoms with van der Waals surface area (Å²) >= 11 is 2.97. The van der Waals surface area contributed by atoms with E-state index in [1.165, 1.54) is 17.1 Å². The number of hydrogen-bond acceptors (Lipinski definition) is 6. The van der Waals surface area contributed by atoms with E-state index in [4.69, 9.17) is 0 Å². The highest BCUT2D eigenvalue weighted by Gasteiger charge is 2.09. The lowest BCUT2D eigenvalue weighted by atomic mass is 10.1. The van der Waals surface area contributed by atoms with Gasteiger partial charge in [0.2, 0.25) is 0 Å². The van der Waals surface area contributed by atoms with Crippen molar-refractivity contribution in [2.75, 3.05) is 0 Å². The summed E-state index contributed by atoms with van der Waals surface area (Å²) in [5.41, 5.74) is 1.31. The topological polar surface area (TPSA) is 50.7 Å². The number of nitrogens with one attached hydrogen (secondary N) is 1. The first-order valence-corrected chi connectivity index (χ1v) is 7.69. The van der Waals surface area contributed by atoms with Crippen LogP contribution < -0.4 is 5.32 Å². The monoisotopic (exact) mass is 294 g/mol. The SMILES string of the molecule is Cc1nsc(Sc2ccc(CNC(C)(C)C)cn2)n1. The molecule has 0 aliphatic rings. The van der Waals surface area contributed by atoms with Crippen LogP contribution in [-0.2, 0) is 6.54 Å².